The molecule has 1 rings (SSSR count). The fraction of sp³-hybridized carbons (Fsp3) is 0. The molecule has 0 bridgehead atoms. The average molecular weight is 267 g/mol. The SMILES string of the molecule is NC(=S)NNS(=O)(=O)c1c(F)cccc1F. The Morgan fingerprint density at radius 3 is 2.25 bits per heavy atom. The monoisotopic (exact) mass is 267 g/mol. The third kappa shape index (κ3) is 2.84. The molecule has 1 aromatic rings. The molecule has 0 aromatic heterocycles. The van der Waals surface area contributed by atoms with Gasteiger partial charge in [0.25, 0.3) is 10.0 Å². The van der Waals surface area contributed by atoms with E-state index < -0.39 is 26.6 Å². The second-order valence-corrected chi connectivity index (χ2v) is 4.70. The van der Waals surface area contributed by atoms with E-state index in [9.17, 15) is 17.2 Å². The molecule has 0 heterocycles. The van der Waals surface area contributed by atoms with Gasteiger partial charge in [0.2, 0.25) is 0 Å². The number of benzene rings is 1. The lowest BCUT2D eigenvalue weighted by atomic mass is 10.3. The van der Waals surface area contributed by atoms with Crippen molar-refractivity contribution in [3.63, 3.8) is 0 Å². The summed E-state index contributed by atoms with van der Waals surface area (Å²) in [6, 6.07) is 2.68. The van der Waals surface area contributed by atoms with Gasteiger partial charge in [-0.1, -0.05) is 6.07 Å². The maximum Gasteiger partial charge on any atom is 0.263 e. The molecule has 0 saturated carbocycles. The van der Waals surface area contributed by atoms with E-state index in [0.29, 0.717) is 0 Å². The summed E-state index contributed by atoms with van der Waals surface area (Å²) in [4.78, 5) is 0.534. The number of sulfonamides is 1. The van der Waals surface area contributed by atoms with Gasteiger partial charge in [0, 0.05) is 0 Å². The fourth-order valence-electron chi connectivity index (χ4n) is 0.908. The Bertz CT molecular complexity index is 498. The van der Waals surface area contributed by atoms with Gasteiger partial charge in [0.1, 0.15) is 11.6 Å². The largest absolute Gasteiger partial charge is 0.375 e. The smallest absolute Gasteiger partial charge is 0.263 e. The molecule has 1 aromatic carbocycles. The predicted molar refractivity (Wildman–Crippen MR) is 56.6 cm³/mol. The summed E-state index contributed by atoms with van der Waals surface area (Å²) in [5, 5.41) is -0.375. The zero-order chi connectivity index (χ0) is 12.3. The molecule has 88 valence electrons. The Labute approximate surface area is 95.7 Å². The maximum absolute atomic E-state index is 13.1. The zero-order valence-corrected chi connectivity index (χ0v) is 9.33. The number of thiocarbonyl (C=S) groups is 1. The number of hydrazine groups is 1. The normalized spacial score (nSPS) is 11.1. The lowest BCUT2D eigenvalue weighted by Crippen LogP contribution is -2.44. The highest BCUT2D eigenvalue weighted by atomic mass is 32.2. The van der Waals surface area contributed by atoms with Gasteiger partial charge in [0.05, 0.1) is 0 Å². The minimum atomic E-state index is -4.40. The van der Waals surface area contributed by atoms with Crippen LogP contribution < -0.4 is 16.0 Å². The van der Waals surface area contributed by atoms with Crippen LogP contribution in [0.25, 0.3) is 0 Å². The first-order chi connectivity index (χ1) is 7.34. The highest BCUT2D eigenvalue weighted by molar-refractivity contribution is 7.89. The summed E-state index contributed by atoms with van der Waals surface area (Å²) in [6.07, 6.45) is 0. The minimum absolute atomic E-state index is 0.375. The molecule has 0 saturated heterocycles. The highest BCUT2D eigenvalue weighted by Gasteiger charge is 2.23. The summed E-state index contributed by atoms with van der Waals surface area (Å²) >= 11 is 4.33. The highest BCUT2D eigenvalue weighted by Crippen LogP contribution is 2.17. The van der Waals surface area contributed by atoms with E-state index >= 15 is 0 Å². The van der Waals surface area contributed by atoms with Crippen molar-refractivity contribution in [2.75, 3.05) is 0 Å². The molecule has 0 atom stereocenters. The first kappa shape index (κ1) is 12.7. The van der Waals surface area contributed by atoms with E-state index in [1.54, 1.807) is 4.83 Å². The summed E-state index contributed by atoms with van der Waals surface area (Å²) in [5.74, 6) is -2.42. The fourth-order valence-corrected chi connectivity index (χ4v) is 2.02. The second-order valence-electron chi connectivity index (χ2n) is 2.65. The standard InChI is InChI=1S/C7H7F2N3O2S2/c8-4-2-1-3-5(9)6(4)16(13,14)12-11-7(10)15/h1-3,12H,(H3,10,11,15). The lowest BCUT2D eigenvalue weighted by Gasteiger charge is -2.08. The van der Waals surface area contributed by atoms with Crippen molar-refractivity contribution < 1.29 is 17.2 Å². The van der Waals surface area contributed by atoms with Crippen LogP contribution in [0.3, 0.4) is 0 Å². The molecular weight excluding hydrogens is 260 g/mol. The van der Waals surface area contributed by atoms with Crippen LogP contribution in [0.2, 0.25) is 0 Å². The number of nitrogens with one attached hydrogen (secondary N) is 2. The predicted octanol–water partition coefficient (Wildman–Crippen LogP) is -0.00870. The summed E-state index contributed by atoms with van der Waals surface area (Å²) in [5.41, 5.74) is 6.84. The molecule has 0 fully saturated rings. The first-order valence-corrected chi connectivity index (χ1v) is 5.75. The van der Waals surface area contributed by atoms with Crippen LogP contribution in [0, 0.1) is 11.6 Å². The van der Waals surface area contributed by atoms with Gasteiger partial charge >= 0.3 is 0 Å². The topological polar surface area (TPSA) is 84.2 Å². The average Bonchev–Trinajstić information content (AvgIpc) is 2.14. The molecule has 9 heteroatoms. The van der Waals surface area contributed by atoms with E-state index in [1.165, 1.54) is 0 Å². The number of hydrogen-bond acceptors (Lipinski definition) is 3. The number of nitrogens with two attached hydrogens (primary N) is 1. The summed E-state index contributed by atoms with van der Waals surface area (Å²) in [7, 11) is -4.40. The van der Waals surface area contributed by atoms with Crippen LogP contribution in [0.1, 0.15) is 0 Å². The Morgan fingerprint density at radius 2 is 1.81 bits per heavy atom. The summed E-state index contributed by atoms with van der Waals surface area (Å²) < 4.78 is 49.1. The van der Waals surface area contributed by atoms with Gasteiger partial charge in [-0.2, -0.15) is 0 Å². The molecular formula is C7H7F2N3O2S2. The molecule has 0 radical (unpaired) electrons. The molecule has 0 aliphatic heterocycles. The van der Waals surface area contributed by atoms with E-state index in [0.717, 1.165) is 18.2 Å². The van der Waals surface area contributed by atoms with Gasteiger partial charge in [0.15, 0.2) is 10.0 Å². The van der Waals surface area contributed by atoms with Crippen molar-refractivity contribution in [3.05, 3.63) is 29.8 Å². The van der Waals surface area contributed by atoms with E-state index in [1.807, 2.05) is 5.43 Å². The van der Waals surface area contributed by atoms with Gasteiger partial charge in [-0.3, -0.25) is 5.43 Å². The molecule has 0 aliphatic carbocycles. The molecule has 16 heavy (non-hydrogen) atoms. The molecule has 5 nitrogen and oxygen atoms in total. The van der Waals surface area contributed by atoms with Crippen LogP contribution in [-0.2, 0) is 10.0 Å². The molecule has 0 amide bonds. The van der Waals surface area contributed by atoms with E-state index in [4.69, 9.17) is 5.73 Å². The number of rotatable bonds is 3. The summed E-state index contributed by atoms with van der Waals surface area (Å²) in [6.45, 7) is 0. The minimum Gasteiger partial charge on any atom is -0.375 e. The van der Waals surface area contributed by atoms with Gasteiger partial charge < -0.3 is 5.73 Å². The quantitative estimate of drug-likeness (QED) is 0.530. The molecule has 0 spiro atoms. The lowest BCUT2D eigenvalue weighted by molar-refractivity contribution is 0.512. The van der Waals surface area contributed by atoms with E-state index in [-0.39, 0.29) is 5.11 Å². The third-order valence-corrected chi connectivity index (χ3v) is 2.90. The van der Waals surface area contributed by atoms with Gasteiger partial charge in [-0.05, 0) is 24.4 Å². The van der Waals surface area contributed by atoms with Crippen LogP contribution in [0.4, 0.5) is 8.78 Å². The van der Waals surface area contributed by atoms with Crippen molar-refractivity contribution >= 4 is 27.4 Å². The number of hydrogen-bond donors (Lipinski definition) is 3. The van der Waals surface area contributed by atoms with Crippen molar-refractivity contribution in [3.8, 4) is 0 Å². The Hall–Kier alpha value is -1.32. The third-order valence-electron chi connectivity index (χ3n) is 1.50. The first-order valence-electron chi connectivity index (χ1n) is 3.86. The van der Waals surface area contributed by atoms with Crippen molar-refractivity contribution in [2.45, 2.75) is 4.90 Å². The zero-order valence-electron chi connectivity index (χ0n) is 7.70. The van der Waals surface area contributed by atoms with Crippen LogP contribution in [0.15, 0.2) is 23.1 Å². The van der Waals surface area contributed by atoms with Gasteiger partial charge in [-0.25, -0.2) is 17.2 Å². The Morgan fingerprint density at radius 1 is 1.31 bits per heavy atom. The maximum atomic E-state index is 13.1. The Kier molecular flexibility index (Phi) is 3.73. The van der Waals surface area contributed by atoms with Crippen LogP contribution in [0.5, 0.6) is 0 Å². The van der Waals surface area contributed by atoms with Crippen molar-refractivity contribution in [1.29, 1.82) is 0 Å². The van der Waals surface area contributed by atoms with Crippen molar-refractivity contribution in [2.24, 2.45) is 5.73 Å². The van der Waals surface area contributed by atoms with E-state index in [2.05, 4.69) is 12.2 Å². The van der Waals surface area contributed by atoms with Crippen LogP contribution in [-0.4, -0.2) is 13.5 Å². The molecule has 0 unspecified atom stereocenters. The van der Waals surface area contributed by atoms with Crippen molar-refractivity contribution in [1.82, 2.24) is 10.3 Å². The second kappa shape index (κ2) is 4.68. The van der Waals surface area contributed by atoms with Crippen LogP contribution >= 0.6 is 12.2 Å². The van der Waals surface area contributed by atoms with Gasteiger partial charge in [-0.15, -0.1) is 4.83 Å². The Balaban J connectivity index is 3.12. The molecule has 0 aliphatic rings. The number of halogens is 2. The molecule has 4 N–H and O–H groups in total.